The number of carbonyl (C=O) groups is 1. The fourth-order valence-electron chi connectivity index (χ4n) is 2.31. The summed E-state index contributed by atoms with van der Waals surface area (Å²) < 4.78 is 30.3. The van der Waals surface area contributed by atoms with Gasteiger partial charge in [0.25, 0.3) is 5.91 Å². The van der Waals surface area contributed by atoms with Gasteiger partial charge >= 0.3 is 0 Å². The van der Waals surface area contributed by atoms with E-state index >= 15 is 0 Å². The molecule has 27 heavy (non-hydrogen) atoms. The number of hydrogen-bond donors (Lipinski definition) is 1. The van der Waals surface area contributed by atoms with Crippen LogP contribution in [0.1, 0.15) is 11.1 Å². The number of nitrogens with one attached hydrogen (secondary N) is 1. The van der Waals surface area contributed by atoms with Crippen LogP contribution in [0, 0.1) is 6.92 Å². The van der Waals surface area contributed by atoms with Crippen molar-refractivity contribution in [2.75, 3.05) is 24.2 Å². The van der Waals surface area contributed by atoms with Crippen LogP contribution in [0.3, 0.4) is 0 Å². The van der Waals surface area contributed by atoms with Crippen LogP contribution in [0.2, 0.25) is 5.02 Å². The monoisotopic (exact) mass is 409 g/mol. The lowest BCUT2D eigenvalue weighted by Gasteiger charge is -2.23. The number of hydrazone groups is 1. The standard InChI is InChI=1S/C18H20ClN3O4S/c1-13-10-15(19)6-9-17(13)22(27(3,24)25)12-18(23)21-20-11-14-4-7-16(26-2)8-5-14/h4-11H,12H2,1-3H3,(H,21,23)/b20-11-. The molecule has 0 aliphatic rings. The molecule has 0 saturated carbocycles. The molecule has 2 aromatic carbocycles. The highest BCUT2D eigenvalue weighted by Gasteiger charge is 2.22. The quantitative estimate of drug-likeness (QED) is 0.562. The summed E-state index contributed by atoms with van der Waals surface area (Å²) in [5.74, 6) is 0.137. The van der Waals surface area contributed by atoms with E-state index in [1.807, 2.05) is 0 Å². The predicted molar refractivity (Wildman–Crippen MR) is 107 cm³/mol. The van der Waals surface area contributed by atoms with E-state index in [4.69, 9.17) is 16.3 Å². The molecule has 0 bridgehead atoms. The molecule has 0 aromatic heterocycles. The van der Waals surface area contributed by atoms with Crippen molar-refractivity contribution in [2.45, 2.75) is 6.92 Å². The van der Waals surface area contributed by atoms with Crippen LogP contribution >= 0.6 is 11.6 Å². The number of nitrogens with zero attached hydrogens (tertiary/aromatic N) is 2. The fourth-order valence-corrected chi connectivity index (χ4v) is 3.45. The number of ether oxygens (including phenoxy) is 1. The zero-order chi connectivity index (χ0) is 20.0. The van der Waals surface area contributed by atoms with E-state index in [1.165, 1.54) is 6.21 Å². The van der Waals surface area contributed by atoms with E-state index < -0.39 is 22.5 Å². The normalized spacial score (nSPS) is 11.4. The van der Waals surface area contributed by atoms with Gasteiger partial charge < -0.3 is 4.74 Å². The van der Waals surface area contributed by atoms with Gasteiger partial charge in [0.15, 0.2) is 0 Å². The number of amides is 1. The molecule has 1 amide bonds. The van der Waals surface area contributed by atoms with Crippen LogP contribution in [0.15, 0.2) is 47.6 Å². The van der Waals surface area contributed by atoms with Crippen LogP contribution in [0.5, 0.6) is 5.75 Å². The Balaban J connectivity index is 2.08. The Hall–Kier alpha value is -2.58. The van der Waals surface area contributed by atoms with Crippen molar-refractivity contribution >= 4 is 39.4 Å². The van der Waals surface area contributed by atoms with Crippen LogP contribution in [0.25, 0.3) is 0 Å². The van der Waals surface area contributed by atoms with Gasteiger partial charge in [-0.3, -0.25) is 9.10 Å². The second-order valence-corrected chi connectivity index (χ2v) is 8.11. The van der Waals surface area contributed by atoms with Gasteiger partial charge in [-0.2, -0.15) is 5.10 Å². The number of methoxy groups -OCH3 is 1. The molecule has 144 valence electrons. The van der Waals surface area contributed by atoms with Gasteiger partial charge in [0.1, 0.15) is 12.3 Å². The maximum absolute atomic E-state index is 12.2. The predicted octanol–water partition coefficient (Wildman–Crippen LogP) is 2.57. The summed E-state index contributed by atoms with van der Waals surface area (Å²) >= 11 is 5.91. The summed E-state index contributed by atoms with van der Waals surface area (Å²) in [5.41, 5.74) is 4.11. The molecule has 2 rings (SSSR count). The Morgan fingerprint density at radius 3 is 2.48 bits per heavy atom. The molecule has 7 nitrogen and oxygen atoms in total. The van der Waals surface area contributed by atoms with Crippen molar-refractivity contribution in [3.8, 4) is 5.75 Å². The van der Waals surface area contributed by atoms with Crippen molar-refractivity contribution in [3.05, 3.63) is 58.6 Å². The maximum atomic E-state index is 12.2. The third-order valence-corrected chi connectivity index (χ3v) is 5.00. The molecule has 0 aliphatic heterocycles. The Morgan fingerprint density at radius 2 is 1.93 bits per heavy atom. The minimum absolute atomic E-state index is 0.385. The largest absolute Gasteiger partial charge is 0.497 e. The number of benzene rings is 2. The van der Waals surface area contributed by atoms with Crippen molar-refractivity contribution in [1.29, 1.82) is 0 Å². The molecular formula is C18H20ClN3O4S. The Kier molecular flexibility index (Phi) is 6.81. The van der Waals surface area contributed by atoms with Crippen LogP contribution in [0.4, 0.5) is 5.69 Å². The molecule has 0 saturated heterocycles. The molecule has 0 radical (unpaired) electrons. The first-order valence-corrected chi connectivity index (χ1v) is 10.1. The van der Waals surface area contributed by atoms with Crippen molar-refractivity contribution < 1.29 is 17.9 Å². The average molecular weight is 410 g/mol. The lowest BCUT2D eigenvalue weighted by Crippen LogP contribution is -2.39. The number of rotatable bonds is 7. The Morgan fingerprint density at radius 1 is 1.26 bits per heavy atom. The highest BCUT2D eigenvalue weighted by Crippen LogP contribution is 2.25. The molecule has 0 fully saturated rings. The Labute approximate surface area is 163 Å². The molecule has 2 aromatic rings. The van der Waals surface area contributed by atoms with E-state index in [0.29, 0.717) is 22.0 Å². The second-order valence-electron chi connectivity index (χ2n) is 5.77. The van der Waals surface area contributed by atoms with E-state index in [0.717, 1.165) is 16.1 Å². The molecule has 0 unspecified atom stereocenters. The third-order valence-electron chi connectivity index (χ3n) is 3.63. The topological polar surface area (TPSA) is 88.1 Å². The van der Waals surface area contributed by atoms with Gasteiger partial charge in [0.2, 0.25) is 10.0 Å². The lowest BCUT2D eigenvalue weighted by atomic mass is 10.2. The number of halogens is 1. The Bertz CT molecular complexity index is 944. The molecule has 1 N–H and O–H groups in total. The number of carbonyl (C=O) groups excluding carboxylic acids is 1. The highest BCUT2D eigenvalue weighted by molar-refractivity contribution is 7.92. The van der Waals surface area contributed by atoms with Crippen LogP contribution in [-0.2, 0) is 14.8 Å². The van der Waals surface area contributed by atoms with Gasteiger partial charge in [-0.25, -0.2) is 13.8 Å². The number of anilines is 1. The fraction of sp³-hybridized carbons (Fsp3) is 0.222. The molecule has 0 spiro atoms. The first kappa shape index (κ1) is 20.7. The summed E-state index contributed by atoms with van der Waals surface area (Å²) in [7, 11) is -2.10. The van der Waals surface area contributed by atoms with Gasteiger partial charge in [-0.05, 0) is 60.5 Å². The zero-order valence-corrected chi connectivity index (χ0v) is 16.7. The van der Waals surface area contributed by atoms with Crippen molar-refractivity contribution in [2.24, 2.45) is 5.10 Å². The minimum atomic E-state index is -3.67. The van der Waals surface area contributed by atoms with Crippen LogP contribution < -0.4 is 14.5 Å². The minimum Gasteiger partial charge on any atom is -0.497 e. The van der Waals surface area contributed by atoms with Gasteiger partial charge in [-0.1, -0.05) is 11.6 Å². The van der Waals surface area contributed by atoms with Crippen molar-refractivity contribution in [1.82, 2.24) is 5.43 Å². The SMILES string of the molecule is COc1ccc(/C=N\NC(=O)CN(c2ccc(Cl)cc2C)S(C)(=O)=O)cc1. The molecular weight excluding hydrogens is 390 g/mol. The average Bonchev–Trinajstić information content (AvgIpc) is 2.60. The van der Waals surface area contributed by atoms with E-state index in [-0.39, 0.29) is 0 Å². The van der Waals surface area contributed by atoms with Crippen LogP contribution in [-0.4, -0.2) is 40.4 Å². The number of aryl methyl sites for hydroxylation is 1. The molecule has 9 heteroatoms. The van der Waals surface area contributed by atoms with Gasteiger partial charge in [0.05, 0.1) is 25.3 Å². The summed E-state index contributed by atoms with van der Waals surface area (Å²) in [6.45, 7) is 1.32. The number of hydrogen-bond acceptors (Lipinski definition) is 5. The summed E-state index contributed by atoms with van der Waals surface area (Å²) in [6.07, 6.45) is 2.49. The van der Waals surface area contributed by atoms with E-state index in [2.05, 4.69) is 10.5 Å². The summed E-state index contributed by atoms with van der Waals surface area (Å²) in [5, 5.41) is 4.34. The third kappa shape index (κ3) is 5.97. The van der Waals surface area contributed by atoms with Gasteiger partial charge in [0, 0.05) is 5.02 Å². The zero-order valence-electron chi connectivity index (χ0n) is 15.1. The highest BCUT2D eigenvalue weighted by atomic mass is 35.5. The molecule has 0 heterocycles. The molecule has 0 atom stereocenters. The maximum Gasteiger partial charge on any atom is 0.260 e. The smallest absolute Gasteiger partial charge is 0.260 e. The summed E-state index contributed by atoms with van der Waals surface area (Å²) in [6, 6.07) is 11.8. The number of sulfonamides is 1. The van der Waals surface area contributed by atoms with E-state index in [9.17, 15) is 13.2 Å². The lowest BCUT2D eigenvalue weighted by molar-refractivity contribution is -0.119. The second kappa shape index (κ2) is 8.88. The van der Waals surface area contributed by atoms with Crippen molar-refractivity contribution in [3.63, 3.8) is 0 Å². The van der Waals surface area contributed by atoms with E-state index in [1.54, 1.807) is 56.5 Å². The molecule has 0 aliphatic carbocycles. The van der Waals surface area contributed by atoms with Gasteiger partial charge in [-0.15, -0.1) is 0 Å². The summed E-state index contributed by atoms with van der Waals surface area (Å²) in [4.78, 5) is 12.2. The first-order chi connectivity index (χ1) is 12.7. The first-order valence-electron chi connectivity index (χ1n) is 7.90.